The Balaban J connectivity index is 1.48. The maximum atomic E-state index is 12.3. The number of hydrogen-bond acceptors (Lipinski definition) is 6. The third-order valence-corrected chi connectivity index (χ3v) is 5.74. The Bertz CT molecular complexity index is 1090. The van der Waals surface area contributed by atoms with Crippen molar-refractivity contribution in [1.82, 2.24) is 14.8 Å². The molecule has 9 heteroatoms. The van der Waals surface area contributed by atoms with Crippen LogP contribution >= 0.6 is 11.8 Å². The highest BCUT2D eigenvalue weighted by Gasteiger charge is 2.34. The molecule has 0 fully saturated rings. The van der Waals surface area contributed by atoms with Crippen molar-refractivity contribution in [3.8, 4) is 11.4 Å². The Kier molecular flexibility index (Phi) is 4.83. The summed E-state index contributed by atoms with van der Waals surface area (Å²) < 4.78 is 2.10. The van der Waals surface area contributed by atoms with Gasteiger partial charge in [0, 0.05) is 28.9 Å². The Morgan fingerprint density at radius 2 is 1.93 bits per heavy atom. The minimum absolute atomic E-state index is 0.0185. The van der Waals surface area contributed by atoms with Crippen LogP contribution in [0.15, 0.2) is 53.7 Å². The highest BCUT2D eigenvalue weighted by Crippen LogP contribution is 2.39. The molecule has 29 heavy (non-hydrogen) atoms. The zero-order chi connectivity index (χ0) is 20.6. The van der Waals surface area contributed by atoms with Gasteiger partial charge in [0.1, 0.15) is 0 Å². The Morgan fingerprint density at radius 3 is 2.66 bits per heavy atom. The maximum Gasteiger partial charge on any atom is 0.269 e. The molecular formula is C20H19N5O3S. The molecule has 4 rings (SSSR count). The molecule has 1 aliphatic heterocycles. The Hall–Kier alpha value is -3.20. The van der Waals surface area contributed by atoms with E-state index in [-0.39, 0.29) is 22.9 Å². The quantitative estimate of drug-likeness (QED) is 0.390. The number of aromatic nitrogens is 3. The molecule has 1 amide bonds. The Morgan fingerprint density at radius 1 is 1.21 bits per heavy atom. The first-order chi connectivity index (χ1) is 13.8. The number of hydrogen-bond donors (Lipinski definition) is 1. The van der Waals surface area contributed by atoms with Crippen LogP contribution in [0.4, 0.5) is 11.4 Å². The molecule has 0 saturated carbocycles. The fraction of sp³-hybridized carbons (Fsp3) is 0.250. The molecule has 0 unspecified atom stereocenters. The number of carbonyl (C=O) groups is 1. The predicted octanol–water partition coefficient (Wildman–Crippen LogP) is 3.88. The van der Waals surface area contributed by atoms with Crippen LogP contribution in [-0.2, 0) is 16.8 Å². The van der Waals surface area contributed by atoms with E-state index in [0.717, 1.165) is 17.8 Å². The summed E-state index contributed by atoms with van der Waals surface area (Å²) in [5, 5.41) is 22.9. The van der Waals surface area contributed by atoms with E-state index in [1.165, 1.54) is 41.6 Å². The van der Waals surface area contributed by atoms with E-state index in [9.17, 15) is 14.9 Å². The van der Waals surface area contributed by atoms with E-state index in [0.29, 0.717) is 10.8 Å². The molecule has 0 aliphatic carbocycles. The smallest absolute Gasteiger partial charge is 0.269 e. The van der Waals surface area contributed by atoms with E-state index in [4.69, 9.17) is 0 Å². The van der Waals surface area contributed by atoms with Crippen LogP contribution in [0.2, 0.25) is 0 Å². The summed E-state index contributed by atoms with van der Waals surface area (Å²) in [7, 11) is 0. The summed E-state index contributed by atoms with van der Waals surface area (Å²) in [6.45, 7) is 4.27. The highest BCUT2D eigenvalue weighted by atomic mass is 32.2. The number of non-ortho nitro benzene ring substituents is 1. The second-order valence-corrected chi connectivity index (χ2v) is 8.37. The van der Waals surface area contributed by atoms with Gasteiger partial charge in [-0.2, -0.15) is 0 Å². The van der Waals surface area contributed by atoms with Crippen LogP contribution < -0.4 is 5.32 Å². The van der Waals surface area contributed by atoms with E-state index >= 15 is 0 Å². The standard InChI is InChI=1S/C20H19N5O3S/c1-20(2)11-13-5-3-4-6-16(13)18-22-23-19(24(18)20)29-12-17(26)21-14-7-9-15(10-8-14)25(27)28/h3-10H,11-12H2,1-2H3,(H,21,26). The van der Waals surface area contributed by atoms with Gasteiger partial charge in [0.25, 0.3) is 5.69 Å². The summed E-state index contributed by atoms with van der Waals surface area (Å²) in [5.74, 6) is 0.762. The van der Waals surface area contributed by atoms with Crippen LogP contribution in [0.1, 0.15) is 19.4 Å². The molecule has 0 radical (unpaired) electrons. The number of nitro groups is 1. The molecule has 2 heterocycles. The SMILES string of the molecule is CC1(C)Cc2ccccc2-c2nnc(SCC(=O)Nc3ccc([N+](=O)[O-])cc3)n21. The normalized spacial score (nSPS) is 14.0. The van der Waals surface area contributed by atoms with Crippen LogP contribution in [0.3, 0.4) is 0 Å². The van der Waals surface area contributed by atoms with Gasteiger partial charge in [-0.1, -0.05) is 36.0 Å². The number of thioether (sulfide) groups is 1. The highest BCUT2D eigenvalue weighted by molar-refractivity contribution is 7.99. The average molecular weight is 409 g/mol. The number of rotatable bonds is 5. The molecule has 0 saturated heterocycles. The topological polar surface area (TPSA) is 103 Å². The summed E-state index contributed by atoms with van der Waals surface area (Å²) >= 11 is 1.32. The lowest BCUT2D eigenvalue weighted by molar-refractivity contribution is -0.384. The predicted molar refractivity (Wildman–Crippen MR) is 111 cm³/mol. The van der Waals surface area contributed by atoms with E-state index in [2.05, 4.69) is 40.0 Å². The van der Waals surface area contributed by atoms with Gasteiger partial charge in [-0.25, -0.2) is 0 Å². The lowest BCUT2D eigenvalue weighted by Crippen LogP contribution is -2.33. The van der Waals surface area contributed by atoms with E-state index in [1.54, 1.807) is 0 Å². The summed E-state index contributed by atoms with van der Waals surface area (Å²) in [5.41, 5.74) is 2.60. The average Bonchev–Trinajstić information content (AvgIpc) is 3.12. The molecular weight excluding hydrogens is 390 g/mol. The fourth-order valence-electron chi connectivity index (χ4n) is 3.51. The third kappa shape index (κ3) is 3.73. The maximum absolute atomic E-state index is 12.3. The van der Waals surface area contributed by atoms with Crippen LogP contribution in [-0.4, -0.2) is 31.3 Å². The van der Waals surface area contributed by atoms with Crippen molar-refractivity contribution in [1.29, 1.82) is 0 Å². The molecule has 148 valence electrons. The second-order valence-electron chi connectivity index (χ2n) is 7.43. The first kappa shape index (κ1) is 19.1. The first-order valence-corrected chi connectivity index (χ1v) is 10.0. The van der Waals surface area contributed by atoms with E-state index < -0.39 is 4.92 Å². The van der Waals surface area contributed by atoms with E-state index in [1.807, 2.05) is 18.2 Å². The monoisotopic (exact) mass is 409 g/mol. The second kappa shape index (κ2) is 7.32. The lowest BCUT2D eigenvalue weighted by atomic mass is 9.87. The molecule has 1 aromatic heterocycles. The summed E-state index contributed by atoms with van der Waals surface area (Å²) in [4.78, 5) is 22.6. The number of benzene rings is 2. The zero-order valence-corrected chi connectivity index (χ0v) is 16.8. The van der Waals surface area contributed by atoms with Crippen LogP contribution in [0.25, 0.3) is 11.4 Å². The van der Waals surface area contributed by atoms with Crippen molar-refractivity contribution in [2.45, 2.75) is 31.0 Å². The van der Waals surface area contributed by atoms with Gasteiger partial charge in [0.05, 0.1) is 10.7 Å². The molecule has 8 nitrogen and oxygen atoms in total. The van der Waals surface area contributed by atoms with Gasteiger partial charge in [-0.15, -0.1) is 10.2 Å². The van der Waals surface area contributed by atoms with Gasteiger partial charge < -0.3 is 5.32 Å². The number of nitrogens with one attached hydrogen (secondary N) is 1. The largest absolute Gasteiger partial charge is 0.325 e. The van der Waals surface area contributed by atoms with Gasteiger partial charge >= 0.3 is 0 Å². The van der Waals surface area contributed by atoms with Crippen molar-refractivity contribution in [3.63, 3.8) is 0 Å². The van der Waals surface area contributed by atoms with Crippen LogP contribution in [0, 0.1) is 10.1 Å². The van der Waals surface area contributed by atoms with Crippen molar-refractivity contribution >= 4 is 29.0 Å². The molecule has 2 aromatic carbocycles. The summed E-state index contributed by atoms with van der Waals surface area (Å²) in [6.07, 6.45) is 0.858. The van der Waals surface area contributed by atoms with Gasteiger partial charge in [-0.05, 0) is 38.0 Å². The number of anilines is 1. The number of carbonyl (C=O) groups excluding carboxylic acids is 1. The minimum atomic E-state index is -0.476. The molecule has 3 aromatic rings. The first-order valence-electron chi connectivity index (χ1n) is 9.06. The van der Waals surface area contributed by atoms with Crippen molar-refractivity contribution in [3.05, 3.63) is 64.2 Å². The fourth-order valence-corrected chi connectivity index (χ4v) is 4.41. The van der Waals surface area contributed by atoms with Crippen molar-refractivity contribution in [2.75, 3.05) is 11.1 Å². The third-order valence-electron chi connectivity index (χ3n) is 4.81. The van der Waals surface area contributed by atoms with Gasteiger partial charge in [-0.3, -0.25) is 19.5 Å². The number of nitro benzene ring substituents is 1. The molecule has 0 atom stereocenters. The number of amides is 1. The number of fused-ring (bicyclic) bond motifs is 3. The molecule has 0 spiro atoms. The molecule has 0 bridgehead atoms. The van der Waals surface area contributed by atoms with Crippen LogP contribution in [0.5, 0.6) is 0 Å². The zero-order valence-electron chi connectivity index (χ0n) is 16.0. The minimum Gasteiger partial charge on any atom is -0.325 e. The molecule has 1 aliphatic rings. The Labute approximate surface area is 171 Å². The molecule has 1 N–H and O–H groups in total. The summed E-state index contributed by atoms with van der Waals surface area (Å²) in [6, 6.07) is 13.9. The number of nitrogens with zero attached hydrogens (tertiary/aromatic N) is 4. The lowest BCUT2D eigenvalue weighted by Gasteiger charge is -2.34. The van der Waals surface area contributed by atoms with Crippen molar-refractivity contribution in [2.24, 2.45) is 0 Å². The van der Waals surface area contributed by atoms with Crippen molar-refractivity contribution < 1.29 is 9.72 Å². The van der Waals surface area contributed by atoms with Gasteiger partial charge in [0.2, 0.25) is 5.91 Å². The van der Waals surface area contributed by atoms with Gasteiger partial charge in [0.15, 0.2) is 11.0 Å².